The second-order valence-corrected chi connectivity index (χ2v) is 7.36. The molecule has 3 saturated heterocycles. The number of nitrogens with zero attached hydrogens (tertiary/aromatic N) is 2. The molecule has 5 nitrogen and oxygen atoms in total. The fourth-order valence-electron chi connectivity index (χ4n) is 3.97. The molecular formula is C17H31N3O2. The number of hydrogen-bond donors (Lipinski definition) is 1. The van der Waals surface area contributed by atoms with Crippen molar-refractivity contribution in [1.29, 1.82) is 0 Å². The lowest BCUT2D eigenvalue weighted by molar-refractivity contribution is -0.138. The minimum atomic E-state index is -0.122. The third kappa shape index (κ3) is 4.21. The number of piperidine rings is 2. The number of amides is 1. The van der Waals surface area contributed by atoms with Crippen molar-refractivity contribution in [3.63, 3.8) is 0 Å². The average molecular weight is 309 g/mol. The van der Waals surface area contributed by atoms with Crippen LogP contribution in [-0.4, -0.2) is 74.2 Å². The summed E-state index contributed by atoms with van der Waals surface area (Å²) in [6.45, 7) is 9.91. The predicted molar refractivity (Wildman–Crippen MR) is 86.8 cm³/mol. The number of likely N-dealkylation sites (tertiary alicyclic amines) is 2. The average Bonchev–Trinajstić information content (AvgIpc) is 2.57. The van der Waals surface area contributed by atoms with E-state index in [0.717, 1.165) is 38.6 Å². The molecule has 0 radical (unpaired) electrons. The molecule has 0 saturated carbocycles. The topological polar surface area (TPSA) is 44.8 Å². The van der Waals surface area contributed by atoms with E-state index in [1.165, 1.54) is 38.9 Å². The van der Waals surface area contributed by atoms with Gasteiger partial charge in [0.15, 0.2) is 0 Å². The highest BCUT2D eigenvalue weighted by Gasteiger charge is 2.31. The molecule has 3 heterocycles. The zero-order valence-electron chi connectivity index (χ0n) is 13.9. The molecule has 3 aliphatic heterocycles. The second kappa shape index (κ2) is 7.75. The molecule has 126 valence electrons. The zero-order chi connectivity index (χ0) is 15.4. The summed E-state index contributed by atoms with van der Waals surface area (Å²) < 4.78 is 5.43. The second-order valence-electron chi connectivity index (χ2n) is 7.36. The molecule has 1 amide bonds. The van der Waals surface area contributed by atoms with Crippen molar-refractivity contribution in [3.8, 4) is 0 Å². The van der Waals surface area contributed by atoms with Crippen molar-refractivity contribution in [2.45, 2.75) is 38.6 Å². The molecule has 0 spiro atoms. The standard InChI is InChI=1S/C17H31N3O2/c1-14-4-8-19(9-5-14)11-15-3-2-7-20(12-15)17(21)16-13-22-10-6-18-16/h14-16,18H,2-13H2,1H3. The quantitative estimate of drug-likeness (QED) is 0.843. The van der Waals surface area contributed by atoms with E-state index in [0.29, 0.717) is 12.5 Å². The smallest absolute Gasteiger partial charge is 0.242 e. The summed E-state index contributed by atoms with van der Waals surface area (Å²) in [7, 11) is 0. The third-order valence-electron chi connectivity index (χ3n) is 5.44. The van der Waals surface area contributed by atoms with Gasteiger partial charge in [-0.3, -0.25) is 4.79 Å². The van der Waals surface area contributed by atoms with Crippen molar-refractivity contribution < 1.29 is 9.53 Å². The van der Waals surface area contributed by atoms with Gasteiger partial charge in [-0.25, -0.2) is 0 Å². The maximum absolute atomic E-state index is 12.6. The molecule has 0 aliphatic carbocycles. The lowest BCUT2D eigenvalue weighted by atomic mass is 9.94. The van der Waals surface area contributed by atoms with Gasteiger partial charge in [-0.1, -0.05) is 6.92 Å². The lowest BCUT2D eigenvalue weighted by Gasteiger charge is -2.39. The number of ether oxygens (including phenoxy) is 1. The largest absolute Gasteiger partial charge is 0.378 e. The molecule has 2 atom stereocenters. The van der Waals surface area contributed by atoms with Gasteiger partial charge in [-0.15, -0.1) is 0 Å². The van der Waals surface area contributed by atoms with Crippen LogP contribution in [0.1, 0.15) is 32.6 Å². The van der Waals surface area contributed by atoms with Gasteiger partial charge in [0.05, 0.1) is 13.2 Å². The molecule has 0 aromatic heterocycles. The molecule has 0 aromatic carbocycles. The molecular weight excluding hydrogens is 278 g/mol. The first-order valence-electron chi connectivity index (χ1n) is 9.04. The Morgan fingerprint density at radius 1 is 1.23 bits per heavy atom. The van der Waals surface area contributed by atoms with Crippen LogP contribution < -0.4 is 5.32 Å². The summed E-state index contributed by atoms with van der Waals surface area (Å²) >= 11 is 0. The summed E-state index contributed by atoms with van der Waals surface area (Å²) in [4.78, 5) is 17.3. The summed E-state index contributed by atoms with van der Waals surface area (Å²) in [5, 5.41) is 3.29. The van der Waals surface area contributed by atoms with Crippen LogP contribution in [-0.2, 0) is 9.53 Å². The highest BCUT2D eigenvalue weighted by molar-refractivity contribution is 5.82. The van der Waals surface area contributed by atoms with Gasteiger partial charge in [-0.05, 0) is 50.6 Å². The molecule has 22 heavy (non-hydrogen) atoms. The minimum absolute atomic E-state index is 0.122. The summed E-state index contributed by atoms with van der Waals surface area (Å²) in [5.74, 6) is 1.78. The summed E-state index contributed by atoms with van der Waals surface area (Å²) in [5.41, 5.74) is 0. The van der Waals surface area contributed by atoms with E-state index in [4.69, 9.17) is 4.74 Å². The third-order valence-corrected chi connectivity index (χ3v) is 5.44. The Balaban J connectivity index is 1.47. The van der Waals surface area contributed by atoms with Gasteiger partial charge in [0.1, 0.15) is 6.04 Å². The van der Waals surface area contributed by atoms with Crippen molar-refractivity contribution in [2.75, 3.05) is 52.5 Å². The van der Waals surface area contributed by atoms with E-state index in [-0.39, 0.29) is 11.9 Å². The van der Waals surface area contributed by atoms with Crippen LogP contribution in [0.25, 0.3) is 0 Å². The number of nitrogens with one attached hydrogen (secondary N) is 1. The molecule has 3 aliphatic rings. The summed E-state index contributed by atoms with van der Waals surface area (Å²) in [6, 6.07) is -0.122. The van der Waals surface area contributed by atoms with E-state index >= 15 is 0 Å². The van der Waals surface area contributed by atoms with Crippen LogP contribution in [0.5, 0.6) is 0 Å². The van der Waals surface area contributed by atoms with E-state index < -0.39 is 0 Å². The van der Waals surface area contributed by atoms with Crippen molar-refractivity contribution in [2.24, 2.45) is 11.8 Å². The monoisotopic (exact) mass is 309 g/mol. The lowest BCUT2D eigenvalue weighted by Crippen LogP contribution is -2.55. The van der Waals surface area contributed by atoms with Gasteiger partial charge >= 0.3 is 0 Å². The summed E-state index contributed by atoms with van der Waals surface area (Å²) in [6.07, 6.45) is 5.08. The first-order valence-corrected chi connectivity index (χ1v) is 9.04. The normalized spacial score (nSPS) is 32.1. The van der Waals surface area contributed by atoms with Crippen LogP contribution in [0.4, 0.5) is 0 Å². The number of morpholine rings is 1. The SMILES string of the molecule is CC1CCN(CC2CCCN(C(=O)C3COCCN3)C2)CC1. The van der Waals surface area contributed by atoms with Crippen LogP contribution in [0, 0.1) is 11.8 Å². The Hall–Kier alpha value is -0.650. The molecule has 1 N–H and O–H groups in total. The Bertz CT molecular complexity index is 363. The molecule has 3 fully saturated rings. The van der Waals surface area contributed by atoms with E-state index in [1.807, 2.05) is 0 Å². The van der Waals surface area contributed by atoms with Crippen LogP contribution >= 0.6 is 0 Å². The molecule has 5 heteroatoms. The maximum atomic E-state index is 12.6. The Morgan fingerprint density at radius 3 is 2.77 bits per heavy atom. The fraction of sp³-hybridized carbons (Fsp3) is 0.941. The van der Waals surface area contributed by atoms with E-state index in [1.54, 1.807) is 0 Å². The highest BCUT2D eigenvalue weighted by Crippen LogP contribution is 2.22. The Labute approximate surface area is 134 Å². The number of carbonyl (C=O) groups excluding carboxylic acids is 1. The van der Waals surface area contributed by atoms with Crippen molar-refractivity contribution >= 4 is 5.91 Å². The molecule has 0 aromatic rings. The number of carbonyl (C=O) groups is 1. The fourth-order valence-corrected chi connectivity index (χ4v) is 3.97. The van der Waals surface area contributed by atoms with Gasteiger partial charge in [0, 0.05) is 26.2 Å². The molecule has 2 unspecified atom stereocenters. The predicted octanol–water partition coefficient (Wildman–Crippen LogP) is 0.945. The zero-order valence-corrected chi connectivity index (χ0v) is 13.9. The van der Waals surface area contributed by atoms with E-state index in [9.17, 15) is 4.79 Å². The van der Waals surface area contributed by atoms with Crippen molar-refractivity contribution in [3.05, 3.63) is 0 Å². The Morgan fingerprint density at radius 2 is 2.05 bits per heavy atom. The minimum Gasteiger partial charge on any atom is -0.378 e. The van der Waals surface area contributed by atoms with Gasteiger partial charge in [-0.2, -0.15) is 0 Å². The number of rotatable bonds is 3. The van der Waals surface area contributed by atoms with Crippen LogP contribution in [0.3, 0.4) is 0 Å². The molecule has 3 rings (SSSR count). The van der Waals surface area contributed by atoms with Crippen LogP contribution in [0.15, 0.2) is 0 Å². The highest BCUT2D eigenvalue weighted by atomic mass is 16.5. The number of hydrogen-bond acceptors (Lipinski definition) is 4. The molecule has 0 bridgehead atoms. The first-order chi connectivity index (χ1) is 10.7. The van der Waals surface area contributed by atoms with Gasteiger partial charge in [0.2, 0.25) is 5.91 Å². The van der Waals surface area contributed by atoms with Gasteiger partial charge in [0.25, 0.3) is 0 Å². The van der Waals surface area contributed by atoms with Crippen LogP contribution in [0.2, 0.25) is 0 Å². The first kappa shape index (κ1) is 16.2. The van der Waals surface area contributed by atoms with Gasteiger partial charge < -0.3 is 19.9 Å². The van der Waals surface area contributed by atoms with Crippen molar-refractivity contribution in [1.82, 2.24) is 15.1 Å². The van der Waals surface area contributed by atoms with E-state index in [2.05, 4.69) is 22.0 Å². The Kier molecular flexibility index (Phi) is 5.71. The maximum Gasteiger partial charge on any atom is 0.242 e.